The van der Waals surface area contributed by atoms with E-state index in [-0.39, 0.29) is 5.82 Å². The van der Waals surface area contributed by atoms with Gasteiger partial charge in [0.15, 0.2) is 0 Å². The van der Waals surface area contributed by atoms with Crippen LogP contribution in [0.1, 0.15) is 24.8 Å². The average Bonchev–Trinajstić information content (AvgIpc) is 2.47. The molecule has 4 heteroatoms. The van der Waals surface area contributed by atoms with E-state index in [0.29, 0.717) is 5.33 Å². The third-order valence-electron chi connectivity index (χ3n) is 4.87. The fraction of sp³-hybridized carbons (Fsp3) is 0.625. The van der Waals surface area contributed by atoms with Crippen molar-refractivity contribution in [2.45, 2.75) is 30.6 Å². The van der Waals surface area contributed by atoms with Crippen molar-refractivity contribution in [3.63, 3.8) is 0 Å². The summed E-state index contributed by atoms with van der Waals surface area (Å²) in [7, 11) is 2.26. The molecule has 1 aromatic rings. The smallest absolute Gasteiger partial charge is 0.123 e. The van der Waals surface area contributed by atoms with Crippen LogP contribution in [0.4, 0.5) is 10.1 Å². The number of hydrogen-bond donors (Lipinski definition) is 0. The van der Waals surface area contributed by atoms with Crippen LogP contribution in [-0.4, -0.2) is 37.6 Å². The van der Waals surface area contributed by atoms with Gasteiger partial charge in [-0.05, 0) is 62.5 Å². The lowest BCUT2D eigenvalue weighted by molar-refractivity contribution is 0.102. The van der Waals surface area contributed by atoms with Gasteiger partial charge in [0.2, 0.25) is 0 Å². The highest BCUT2D eigenvalue weighted by Gasteiger charge is 2.34. The first kappa shape index (κ1) is 14.3. The van der Waals surface area contributed by atoms with Crippen LogP contribution in [0.5, 0.6) is 0 Å². The normalized spacial score (nSPS) is 27.4. The molecule has 0 aliphatic carbocycles. The summed E-state index contributed by atoms with van der Waals surface area (Å²) in [6, 6.07) is 5.93. The third-order valence-corrected chi connectivity index (χ3v) is 5.48. The van der Waals surface area contributed by atoms with Gasteiger partial charge in [-0.1, -0.05) is 15.9 Å². The predicted molar refractivity (Wildman–Crippen MR) is 85.0 cm³/mol. The van der Waals surface area contributed by atoms with Crippen LogP contribution in [0.15, 0.2) is 18.2 Å². The fourth-order valence-electron chi connectivity index (χ4n) is 3.84. The van der Waals surface area contributed by atoms with Gasteiger partial charge in [-0.25, -0.2) is 4.39 Å². The number of fused-ring (bicyclic) bond motifs is 1. The Balaban J connectivity index is 1.79. The van der Waals surface area contributed by atoms with Gasteiger partial charge in [0.05, 0.1) is 0 Å². The standard InChI is InChI=1S/C16H22BrFN2/c1-19-7-2-3-12-11-20(8-6-15(12)19)16-5-4-14(18)9-13(16)10-17/h4-5,9,12,15H,2-3,6-8,10-11H2,1H3. The molecule has 0 radical (unpaired) electrons. The van der Waals surface area contributed by atoms with Crippen LogP contribution in [0, 0.1) is 11.7 Å². The summed E-state index contributed by atoms with van der Waals surface area (Å²) in [4.78, 5) is 4.98. The molecular weight excluding hydrogens is 319 g/mol. The first-order chi connectivity index (χ1) is 9.69. The minimum atomic E-state index is -0.143. The number of nitrogens with zero attached hydrogens (tertiary/aromatic N) is 2. The van der Waals surface area contributed by atoms with Crippen molar-refractivity contribution in [2.75, 3.05) is 31.6 Å². The summed E-state index contributed by atoms with van der Waals surface area (Å²) in [5.41, 5.74) is 2.27. The minimum Gasteiger partial charge on any atom is -0.371 e. The lowest BCUT2D eigenvalue weighted by Gasteiger charge is -2.47. The molecule has 2 saturated heterocycles. The van der Waals surface area contributed by atoms with Gasteiger partial charge in [0, 0.05) is 30.1 Å². The summed E-state index contributed by atoms with van der Waals surface area (Å²) in [6.45, 7) is 3.43. The molecule has 2 aliphatic rings. The molecule has 2 aliphatic heterocycles. The molecule has 0 bridgehead atoms. The molecule has 110 valence electrons. The quantitative estimate of drug-likeness (QED) is 0.758. The molecule has 1 aromatic carbocycles. The molecule has 0 aromatic heterocycles. The van der Waals surface area contributed by atoms with Crippen molar-refractivity contribution in [3.8, 4) is 0 Å². The van der Waals surface area contributed by atoms with E-state index in [2.05, 4.69) is 32.8 Å². The van der Waals surface area contributed by atoms with E-state index in [1.54, 1.807) is 12.1 Å². The number of alkyl halides is 1. The first-order valence-electron chi connectivity index (χ1n) is 7.48. The fourth-order valence-corrected chi connectivity index (χ4v) is 4.29. The Kier molecular flexibility index (Phi) is 4.32. The molecule has 2 unspecified atom stereocenters. The van der Waals surface area contributed by atoms with Crippen molar-refractivity contribution >= 4 is 21.6 Å². The summed E-state index contributed by atoms with van der Waals surface area (Å²) in [5.74, 6) is 0.617. The SMILES string of the molecule is CN1CCCC2CN(c3ccc(F)cc3CBr)CCC21. The van der Waals surface area contributed by atoms with Gasteiger partial charge in [-0.2, -0.15) is 0 Å². The Labute approximate surface area is 129 Å². The van der Waals surface area contributed by atoms with Crippen molar-refractivity contribution in [1.29, 1.82) is 0 Å². The van der Waals surface area contributed by atoms with Crippen LogP contribution in [-0.2, 0) is 5.33 Å². The highest BCUT2D eigenvalue weighted by Crippen LogP contribution is 2.33. The Morgan fingerprint density at radius 3 is 2.95 bits per heavy atom. The molecule has 20 heavy (non-hydrogen) atoms. The molecule has 0 amide bonds. The summed E-state index contributed by atoms with van der Waals surface area (Å²) < 4.78 is 13.4. The van der Waals surface area contributed by atoms with Crippen LogP contribution >= 0.6 is 15.9 Å². The lowest BCUT2D eigenvalue weighted by Crippen LogP contribution is -2.52. The van der Waals surface area contributed by atoms with E-state index in [4.69, 9.17) is 0 Å². The Hall–Kier alpha value is -0.610. The maximum Gasteiger partial charge on any atom is 0.123 e. The van der Waals surface area contributed by atoms with Gasteiger partial charge >= 0.3 is 0 Å². The predicted octanol–water partition coefficient (Wildman–Crippen LogP) is 3.64. The molecule has 2 heterocycles. The average molecular weight is 341 g/mol. The van der Waals surface area contributed by atoms with Crippen LogP contribution in [0.2, 0.25) is 0 Å². The molecule has 3 rings (SSSR count). The molecule has 0 spiro atoms. The van der Waals surface area contributed by atoms with E-state index in [9.17, 15) is 4.39 Å². The van der Waals surface area contributed by atoms with E-state index >= 15 is 0 Å². The summed E-state index contributed by atoms with van der Waals surface area (Å²) in [5, 5.41) is 0.713. The first-order valence-corrected chi connectivity index (χ1v) is 8.61. The number of halogens is 2. The van der Waals surface area contributed by atoms with Crippen molar-refractivity contribution < 1.29 is 4.39 Å². The van der Waals surface area contributed by atoms with E-state index in [1.807, 2.05) is 6.07 Å². The van der Waals surface area contributed by atoms with Gasteiger partial charge < -0.3 is 9.80 Å². The summed E-state index contributed by atoms with van der Waals surface area (Å²) >= 11 is 3.49. The zero-order chi connectivity index (χ0) is 14.1. The Bertz CT molecular complexity index is 480. The molecule has 2 fully saturated rings. The third kappa shape index (κ3) is 2.73. The summed E-state index contributed by atoms with van der Waals surface area (Å²) in [6.07, 6.45) is 3.86. The molecular formula is C16H22BrFN2. The zero-order valence-electron chi connectivity index (χ0n) is 12.0. The Morgan fingerprint density at radius 1 is 1.30 bits per heavy atom. The molecule has 2 nitrogen and oxygen atoms in total. The lowest BCUT2D eigenvalue weighted by atomic mass is 9.84. The van der Waals surface area contributed by atoms with Gasteiger partial charge in [0.25, 0.3) is 0 Å². The highest BCUT2D eigenvalue weighted by atomic mass is 79.9. The van der Waals surface area contributed by atoms with Crippen molar-refractivity contribution in [3.05, 3.63) is 29.6 Å². The number of hydrogen-bond acceptors (Lipinski definition) is 2. The maximum atomic E-state index is 13.4. The monoisotopic (exact) mass is 340 g/mol. The highest BCUT2D eigenvalue weighted by molar-refractivity contribution is 9.08. The van der Waals surface area contributed by atoms with Crippen LogP contribution in [0.3, 0.4) is 0 Å². The second-order valence-corrected chi connectivity index (χ2v) is 6.65. The zero-order valence-corrected chi connectivity index (χ0v) is 13.6. The maximum absolute atomic E-state index is 13.4. The van der Waals surface area contributed by atoms with Crippen LogP contribution in [0.25, 0.3) is 0 Å². The largest absolute Gasteiger partial charge is 0.371 e. The van der Waals surface area contributed by atoms with E-state index in [0.717, 1.165) is 30.6 Å². The minimum absolute atomic E-state index is 0.143. The number of anilines is 1. The topological polar surface area (TPSA) is 6.48 Å². The van der Waals surface area contributed by atoms with Crippen molar-refractivity contribution in [1.82, 2.24) is 4.90 Å². The Morgan fingerprint density at radius 2 is 2.15 bits per heavy atom. The number of likely N-dealkylation sites (tertiary alicyclic amines) is 1. The van der Waals surface area contributed by atoms with Crippen LogP contribution < -0.4 is 4.90 Å². The second-order valence-electron chi connectivity index (χ2n) is 6.09. The molecule has 0 N–H and O–H groups in total. The molecule has 2 atom stereocenters. The van der Waals surface area contributed by atoms with E-state index < -0.39 is 0 Å². The molecule has 0 saturated carbocycles. The van der Waals surface area contributed by atoms with E-state index in [1.165, 1.54) is 31.5 Å². The van der Waals surface area contributed by atoms with Gasteiger partial charge in [-0.3, -0.25) is 0 Å². The number of benzene rings is 1. The second kappa shape index (κ2) is 6.02. The number of piperidine rings is 2. The van der Waals surface area contributed by atoms with Crippen molar-refractivity contribution in [2.24, 2.45) is 5.92 Å². The van der Waals surface area contributed by atoms with Gasteiger partial charge in [0.1, 0.15) is 5.82 Å². The number of rotatable bonds is 2. The van der Waals surface area contributed by atoms with Gasteiger partial charge in [-0.15, -0.1) is 0 Å².